The van der Waals surface area contributed by atoms with Crippen LogP contribution in [0.3, 0.4) is 0 Å². The van der Waals surface area contributed by atoms with Crippen molar-refractivity contribution in [3.05, 3.63) is 0 Å². The SMILES string of the molecule is CCOc1nc(N)nc(NC(C)C(C)CO)n1. The molecular weight excluding hydrogens is 222 g/mol. The monoisotopic (exact) mass is 241 g/mol. The van der Waals surface area contributed by atoms with Crippen LogP contribution in [-0.4, -0.2) is 39.3 Å². The van der Waals surface area contributed by atoms with Gasteiger partial charge in [-0.05, 0) is 19.8 Å². The molecule has 7 nitrogen and oxygen atoms in total. The van der Waals surface area contributed by atoms with E-state index >= 15 is 0 Å². The number of ether oxygens (including phenoxy) is 1. The number of aliphatic hydroxyl groups is 1. The van der Waals surface area contributed by atoms with Gasteiger partial charge in [0.15, 0.2) is 0 Å². The lowest BCUT2D eigenvalue weighted by Gasteiger charge is -2.19. The molecule has 17 heavy (non-hydrogen) atoms. The number of aliphatic hydroxyl groups excluding tert-OH is 1. The Bertz CT molecular complexity index is 361. The van der Waals surface area contributed by atoms with Crippen molar-refractivity contribution in [3.63, 3.8) is 0 Å². The summed E-state index contributed by atoms with van der Waals surface area (Å²) in [5.74, 6) is 0.548. The average Bonchev–Trinajstić information content (AvgIpc) is 2.27. The fourth-order valence-electron chi connectivity index (χ4n) is 1.13. The van der Waals surface area contributed by atoms with E-state index in [2.05, 4.69) is 20.3 Å². The van der Waals surface area contributed by atoms with Gasteiger partial charge in [0.1, 0.15) is 0 Å². The first kappa shape index (κ1) is 13.4. The fraction of sp³-hybridized carbons (Fsp3) is 0.700. The van der Waals surface area contributed by atoms with E-state index in [1.54, 1.807) is 0 Å². The Morgan fingerprint density at radius 2 is 2.06 bits per heavy atom. The third kappa shape index (κ3) is 4.03. The standard InChI is InChI=1S/C10H19N5O2/c1-4-17-10-14-8(11)13-9(15-10)12-7(3)6(2)5-16/h6-7,16H,4-5H2,1-3H3,(H3,11,12,13,14,15). The minimum absolute atomic E-state index is 0.0243. The van der Waals surface area contributed by atoms with Crippen molar-refractivity contribution >= 4 is 11.9 Å². The summed E-state index contributed by atoms with van der Waals surface area (Å²) < 4.78 is 5.16. The van der Waals surface area contributed by atoms with Gasteiger partial charge in [-0.25, -0.2) is 0 Å². The number of aromatic nitrogens is 3. The van der Waals surface area contributed by atoms with Crippen LogP contribution in [0.1, 0.15) is 20.8 Å². The molecule has 0 bridgehead atoms. The van der Waals surface area contributed by atoms with Crippen LogP contribution in [0, 0.1) is 5.92 Å². The molecular formula is C10H19N5O2. The van der Waals surface area contributed by atoms with Gasteiger partial charge in [0.25, 0.3) is 0 Å². The van der Waals surface area contributed by atoms with E-state index in [0.717, 1.165) is 0 Å². The van der Waals surface area contributed by atoms with Crippen molar-refractivity contribution in [2.75, 3.05) is 24.3 Å². The molecule has 4 N–H and O–H groups in total. The Morgan fingerprint density at radius 1 is 1.35 bits per heavy atom. The smallest absolute Gasteiger partial charge is 0.323 e. The van der Waals surface area contributed by atoms with Crippen LogP contribution in [0.4, 0.5) is 11.9 Å². The van der Waals surface area contributed by atoms with Gasteiger partial charge in [0.2, 0.25) is 11.9 Å². The predicted octanol–water partition coefficient (Wildman–Crippen LogP) is 0.281. The van der Waals surface area contributed by atoms with Crippen LogP contribution in [0.5, 0.6) is 6.01 Å². The minimum Gasteiger partial charge on any atom is -0.464 e. The molecule has 0 aliphatic heterocycles. The summed E-state index contributed by atoms with van der Waals surface area (Å²) >= 11 is 0. The van der Waals surface area contributed by atoms with Gasteiger partial charge in [-0.2, -0.15) is 15.0 Å². The van der Waals surface area contributed by atoms with Crippen molar-refractivity contribution in [3.8, 4) is 6.01 Å². The lowest BCUT2D eigenvalue weighted by molar-refractivity contribution is 0.226. The molecule has 7 heteroatoms. The fourth-order valence-corrected chi connectivity index (χ4v) is 1.13. The number of anilines is 2. The largest absolute Gasteiger partial charge is 0.464 e. The Hall–Kier alpha value is -1.63. The number of hydrogen-bond donors (Lipinski definition) is 3. The molecule has 1 aromatic rings. The zero-order valence-electron chi connectivity index (χ0n) is 10.3. The molecule has 0 spiro atoms. The van der Waals surface area contributed by atoms with E-state index < -0.39 is 0 Å². The second-order valence-corrected chi connectivity index (χ2v) is 3.83. The molecule has 2 unspecified atom stereocenters. The highest BCUT2D eigenvalue weighted by Crippen LogP contribution is 2.12. The number of hydrogen-bond acceptors (Lipinski definition) is 7. The molecule has 0 aromatic carbocycles. The first-order valence-electron chi connectivity index (χ1n) is 5.58. The zero-order chi connectivity index (χ0) is 12.8. The summed E-state index contributed by atoms with van der Waals surface area (Å²) in [7, 11) is 0. The lowest BCUT2D eigenvalue weighted by Crippen LogP contribution is -2.27. The van der Waals surface area contributed by atoms with Gasteiger partial charge in [0.05, 0.1) is 6.61 Å². The molecule has 1 rings (SSSR count). The molecule has 0 saturated heterocycles. The summed E-state index contributed by atoms with van der Waals surface area (Å²) in [5, 5.41) is 12.1. The molecule has 1 heterocycles. The number of rotatable bonds is 6. The lowest BCUT2D eigenvalue weighted by atomic mass is 10.1. The van der Waals surface area contributed by atoms with Crippen molar-refractivity contribution in [1.82, 2.24) is 15.0 Å². The van der Waals surface area contributed by atoms with Crippen molar-refractivity contribution in [1.29, 1.82) is 0 Å². The minimum atomic E-state index is 0.0243. The van der Waals surface area contributed by atoms with Crippen LogP contribution >= 0.6 is 0 Å². The molecule has 0 aliphatic rings. The second kappa shape index (κ2) is 6.19. The van der Waals surface area contributed by atoms with Gasteiger partial charge in [-0.15, -0.1) is 0 Å². The highest BCUT2D eigenvalue weighted by Gasteiger charge is 2.13. The Kier molecular flexibility index (Phi) is 4.89. The molecule has 0 saturated carbocycles. The van der Waals surface area contributed by atoms with E-state index in [-0.39, 0.29) is 30.5 Å². The van der Waals surface area contributed by atoms with Gasteiger partial charge >= 0.3 is 6.01 Å². The molecule has 0 amide bonds. The number of nitrogen functional groups attached to an aromatic ring is 1. The summed E-state index contributed by atoms with van der Waals surface area (Å²) in [4.78, 5) is 11.9. The van der Waals surface area contributed by atoms with Crippen LogP contribution in [0.2, 0.25) is 0 Å². The van der Waals surface area contributed by atoms with Crippen LogP contribution in [-0.2, 0) is 0 Å². The molecule has 0 aliphatic carbocycles. The van der Waals surface area contributed by atoms with Crippen LogP contribution < -0.4 is 15.8 Å². The summed E-state index contributed by atoms with van der Waals surface area (Å²) in [6.07, 6.45) is 0. The molecule has 0 fully saturated rings. The van der Waals surface area contributed by atoms with Gasteiger partial charge in [0, 0.05) is 12.6 Å². The molecule has 96 valence electrons. The summed E-state index contributed by atoms with van der Waals surface area (Å²) in [6, 6.07) is 0.225. The third-order valence-corrected chi connectivity index (χ3v) is 2.40. The normalized spacial score (nSPS) is 14.1. The second-order valence-electron chi connectivity index (χ2n) is 3.83. The van der Waals surface area contributed by atoms with Crippen molar-refractivity contribution < 1.29 is 9.84 Å². The maximum Gasteiger partial charge on any atom is 0.323 e. The summed E-state index contributed by atoms with van der Waals surface area (Å²) in [5.41, 5.74) is 5.54. The highest BCUT2D eigenvalue weighted by molar-refractivity contribution is 5.33. The Morgan fingerprint density at radius 3 is 2.65 bits per heavy atom. The van der Waals surface area contributed by atoms with Crippen molar-refractivity contribution in [2.45, 2.75) is 26.8 Å². The number of nitrogens with two attached hydrogens (primary N) is 1. The van der Waals surface area contributed by atoms with E-state index in [4.69, 9.17) is 15.6 Å². The highest BCUT2D eigenvalue weighted by atomic mass is 16.5. The average molecular weight is 241 g/mol. The van der Waals surface area contributed by atoms with Gasteiger partial charge in [-0.3, -0.25) is 0 Å². The summed E-state index contributed by atoms with van der Waals surface area (Å²) in [6.45, 7) is 6.25. The molecule has 0 radical (unpaired) electrons. The van der Waals surface area contributed by atoms with Crippen LogP contribution in [0.25, 0.3) is 0 Å². The first-order chi connectivity index (χ1) is 8.06. The van der Waals surface area contributed by atoms with E-state index in [1.807, 2.05) is 20.8 Å². The molecule has 2 atom stereocenters. The number of nitrogens with one attached hydrogen (secondary N) is 1. The van der Waals surface area contributed by atoms with Crippen LogP contribution in [0.15, 0.2) is 0 Å². The quantitative estimate of drug-likeness (QED) is 0.656. The number of nitrogens with zero attached hydrogens (tertiary/aromatic N) is 3. The van der Waals surface area contributed by atoms with E-state index in [1.165, 1.54) is 0 Å². The topological polar surface area (TPSA) is 106 Å². The van der Waals surface area contributed by atoms with E-state index in [9.17, 15) is 0 Å². The maximum absolute atomic E-state index is 9.03. The zero-order valence-corrected chi connectivity index (χ0v) is 10.3. The Balaban J connectivity index is 2.76. The van der Waals surface area contributed by atoms with Crippen molar-refractivity contribution in [2.24, 2.45) is 5.92 Å². The Labute approximate surface area is 100 Å². The van der Waals surface area contributed by atoms with E-state index in [0.29, 0.717) is 12.6 Å². The van der Waals surface area contributed by atoms with Gasteiger partial charge in [-0.1, -0.05) is 6.92 Å². The first-order valence-corrected chi connectivity index (χ1v) is 5.58. The predicted molar refractivity (Wildman–Crippen MR) is 64.7 cm³/mol. The molecule has 1 aromatic heterocycles. The van der Waals surface area contributed by atoms with Gasteiger partial charge < -0.3 is 20.9 Å². The third-order valence-electron chi connectivity index (χ3n) is 2.40. The maximum atomic E-state index is 9.03.